The van der Waals surface area contributed by atoms with Gasteiger partial charge in [0, 0.05) is 14.1 Å². The third kappa shape index (κ3) is 3.16. The number of halogens is 1. The lowest BCUT2D eigenvalue weighted by Crippen LogP contribution is -2.34. The minimum atomic E-state index is -3.55. The fourth-order valence-electron chi connectivity index (χ4n) is 2.60. The topological polar surface area (TPSA) is 102 Å². The number of thiophene rings is 1. The van der Waals surface area contributed by atoms with E-state index in [1.807, 2.05) is 0 Å². The molecule has 7 nitrogen and oxygen atoms in total. The molecule has 1 fully saturated rings. The molecule has 0 amide bonds. The predicted octanol–water partition coefficient (Wildman–Crippen LogP) is 2.20. The van der Waals surface area contributed by atoms with Crippen LogP contribution >= 0.6 is 23.7 Å². The Morgan fingerprint density at radius 3 is 2.61 bits per heavy atom. The van der Waals surface area contributed by atoms with Crippen molar-refractivity contribution in [3.8, 4) is 10.8 Å². The van der Waals surface area contributed by atoms with E-state index in [0.717, 1.165) is 30.0 Å². The minimum absolute atomic E-state index is 0. The van der Waals surface area contributed by atoms with E-state index in [2.05, 4.69) is 10.1 Å². The largest absolute Gasteiger partial charge is 0.333 e. The standard InChI is InChI=1S/C13H18N4O3S2.ClH/c1-17(2)22(18,19)9-5-8-21-10(9)11-15-12(16-20-11)13(14)6-3-4-7-13;/h5,8H,3-4,6-7,14H2,1-2H3;1H. The number of hydrogen-bond donors (Lipinski definition) is 1. The van der Waals surface area contributed by atoms with Gasteiger partial charge in [0.25, 0.3) is 5.89 Å². The molecule has 2 aromatic rings. The molecule has 1 aliphatic carbocycles. The lowest BCUT2D eigenvalue weighted by Gasteiger charge is -2.17. The second-order valence-electron chi connectivity index (χ2n) is 5.69. The van der Waals surface area contributed by atoms with Crippen LogP contribution in [0.15, 0.2) is 20.9 Å². The quantitative estimate of drug-likeness (QED) is 0.874. The van der Waals surface area contributed by atoms with E-state index < -0.39 is 15.6 Å². The first-order chi connectivity index (χ1) is 10.3. The monoisotopic (exact) mass is 378 g/mol. The lowest BCUT2D eigenvalue weighted by atomic mass is 9.99. The summed E-state index contributed by atoms with van der Waals surface area (Å²) in [5, 5.41) is 5.68. The molecular weight excluding hydrogens is 360 g/mol. The summed E-state index contributed by atoms with van der Waals surface area (Å²) in [7, 11) is -0.574. The summed E-state index contributed by atoms with van der Waals surface area (Å²) in [4.78, 5) is 4.99. The van der Waals surface area contributed by atoms with Crippen molar-refractivity contribution in [2.45, 2.75) is 36.1 Å². The van der Waals surface area contributed by atoms with E-state index in [1.54, 1.807) is 11.4 Å². The van der Waals surface area contributed by atoms with Gasteiger partial charge in [-0.15, -0.1) is 23.7 Å². The van der Waals surface area contributed by atoms with Crippen LogP contribution in [-0.2, 0) is 15.6 Å². The van der Waals surface area contributed by atoms with Crippen molar-refractivity contribution >= 4 is 33.8 Å². The van der Waals surface area contributed by atoms with E-state index in [9.17, 15) is 8.42 Å². The molecule has 2 aromatic heterocycles. The highest BCUT2D eigenvalue weighted by molar-refractivity contribution is 7.89. The highest BCUT2D eigenvalue weighted by atomic mass is 35.5. The van der Waals surface area contributed by atoms with Crippen LogP contribution in [-0.4, -0.2) is 37.0 Å². The third-order valence-electron chi connectivity index (χ3n) is 3.95. The van der Waals surface area contributed by atoms with E-state index in [0.29, 0.717) is 10.7 Å². The van der Waals surface area contributed by atoms with Crippen molar-refractivity contribution < 1.29 is 12.9 Å². The first-order valence-corrected chi connectivity index (χ1v) is 9.30. The van der Waals surface area contributed by atoms with Crippen LogP contribution in [0.1, 0.15) is 31.5 Å². The zero-order chi connectivity index (χ0) is 16.0. The molecule has 23 heavy (non-hydrogen) atoms. The molecule has 2 heterocycles. The van der Waals surface area contributed by atoms with Gasteiger partial charge < -0.3 is 10.3 Å². The van der Waals surface area contributed by atoms with E-state index >= 15 is 0 Å². The van der Waals surface area contributed by atoms with Gasteiger partial charge in [0.2, 0.25) is 10.0 Å². The maximum atomic E-state index is 12.3. The van der Waals surface area contributed by atoms with Crippen molar-refractivity contribution in [1.82, 2.24) is 14.4 Å². The number of hydrogen-bond acceptors (Lipinski definition) is 7. The molecule has 0 spiro atoms. The molecule has 10 heteroatoms. The Morgan fingerprint density at radius 2 is 2.00 bits per heavy atom. The van der Waals surface area contributed by atoms with Gasteiger partial charge in [-0.1, -0.05) is 18.0 Å². The normalized spacial score (nSPS) is 17.4. The Kier molecular flexibility index (Phi) is 5.17. The molecule has 1 saturated carbocycles. The Hall–Kier alpha value is -1.00. The van der Waals surface area contributed by atoms with Gasteiger partial charge >= 0.3 is 0 Å². The Morgan fingerprint density at radius 1 is 1.35 bits per heavy atom. The minimum Gasteiger partial charge on any atom is -0.333 e. The number of nitrogens with zero attached hydrogens (tertiary/aromatic N) is 3. The molecular formula is C13H19ClN4O3S2. The smallest absolute Gasteiger partial charge is 0.269 e. The number of aromatic nitrogens is 2. The SMILES string of the molecule is CN(C)S(=O)(=O)c1ccsc1-c1nc(C2(N)CCCC2)no1.Cl. The fraction of sp³-hybridized carbons (Fsp3) is 0.538. The van der Waals surface area contributed by atoms with Crippen molar-refractivity contribution in [2.75, 3.05) is 14.1 Å². The molecule has 2 N–H and O–H groups in total. The number of sulfonamides is 1. The molecule has 1 aliphatic rings. The zero-order valence-corrected chi connectivity index (χ0v) is 15.3. The molecule has 0 unspecified atom stereocenters. The molecule has 0 saturated heterocycles. The Bertz CT molecular complexity index is 779. The number of nitrogens with two attached hydrogens (primary N) is 1. The molecule has 128 valence electrons. The molecule has 0 aliphatic heterocycles. The van der Waals surface area contributed by atoms with Crippen LogP contribution in [0.5, 0.6) is 0 Å². The van der Waals surface area contributed by atoms with Crippen molar-refractivity contribution in [3.05, 3.63) is 17.3 Å². The van der Waals surface area contributed by atoms with Gasteiger partial charge in [0.1, 0.15) is 9.77 Å². The summed E-state index contributed by atoms with van der Waals surface area (Å²) in [5.41, 5.74) is 5.76. The number of rotatable bonds is 4. The first kappa shape index (κ1) is 18.3. The van der Waals surface area contributed by atoms with E-state index in [1.165, 1.54) is 25.4 Å². The van der Waals surface area contributed by atoms with Crippen LogP contribution in [0.4, 0.5) is 0 Å². The van der Waals surface area contributed by atoms with Crippen LogP contribution in [0, 0.1) is 0 Å². The summed E-state index contributed by atoms with van der Waals surface area (Å²) in [6.45, 7) is 0. The van der Waals surface area contributed by atoms with Crippen LogP contribution in [0.2, 0.25) is 0 Å². The Labute approximate surface area is 145 Å². The zero-order valence-electron chi connectivity index (χ0n) is 12.9. The average Bonchev–Trinajstić information content (AvgIpc) is 3.18. The summed E-state index contributed by atoms with van der Waals surface area (Å²) in [6, 6.07) is 1.55. The molecule has 0 radical (unpaired) electrons. The summed E-state index contributed by atoms with van der Waals surface area (Å²) in [6.07, 6.45) is 3.72. The summed E-state index contributed by atoms with van der Waals surface area (Å²) >= 11 is 1.26. The van der Waals surface area contributed by atoms with Gasteiger partial charge in [-0.3, -0.25) is 0 Å². The van der Waals surface area contributed by atoms with Crippen molar-refractivity contribution in [1.29, 1.82) is 0 Å². The highest BCUT2D eigenvalue weighted by Gasteiger charge is 2.37. The van der Waals surface area contributed by atoms with Crippen molar-refractivity contribution in [3.63, 3.8) is 0 Å². The molecule has 0 aromatic carbocycles. The van der Waals surface area contributed by atoms with Crippen LogP contribution < -0.4 is 5.73 Å². The van der Waals surface area contributed by atoms with E-state index in [4.69, 9.17) is 10.3 Å². The first-order valence-electron chi connectivity index (χ1n) is 6.98. The van der Waals surface area contributed by atoms with Gasteiger partial charge in [-0.25, -0.2) is 12.7 Å². The average molecular weight is 379 g/mol. The van der Waals surface area contributed by atoms with Gasteiger partial charge in [-0.2, -0.15) is 4.98 Å². The van der Waals surface area contributed by atoms with Crippen molar-refractivity contribution in [2.24, 2.45) is 5.73 Å². The lowest BCUT2D eigenvalue weighted by molar-refractivity contribution is 0.372. The van der Waals surface area contributed by atoms with E-state index in [-0.39, 0.29) is 23.2 Å². The third-order valence-corrected chi connectivity index (χ3v) is 6.84. The molecule has 0 bridgehead atoms. The van der Waals surface area contributed by atoms with Gasteiger partial charge in [-0.05, 0) is 24.3 Å². The second kappa shape index (κ2) is 6.48. The Balaban J connectivity index is 0.00000192. The maximum absolute atomic E-state index is 12.3. The summed E-state index contributed by atoms with van der Waals surface area (Å²) < 4.78 is 31.1. The van der Waals surface area contributed by atoms with Crippen LogP contribution in [0.25, 0.3) is 10.8 Å². The van der Waals surface area contributed by atoms with Gasteiger partial charge in [0.15, 0.2) is 5.82 Å². The van der Waals surface area contributed by atoms with Gasteiger partial charge in [0.05, 0.1) is 5.54 Å². The molecule has 3 rings (SSSR count). The molecule has 0 atom stereocenters. The fourth-order valence-corrected chi connectivity index (χ4v) is 4.81. The predicted molar refractivity (Wildman–Crippen MR) is 90.1 cm³/mol. The highest BCUT2D eigenvalue weighted by Crippen LogP contribution is 2.37. The maximum Gasteiger partial charge on any atom is 0.269 e. The second-order valence-corrected chi connectivity index (χ2v) is 8.72. The summed E-state index contributed by atoms with van der Waals surface area (Å²) in [5.74, 6) is 0.670. The van der Waals surface area contributed by atoms with Crippen LogP contribution in [0.3, 0.4) is 0 Å².